The lowest BCUT2D eigenvalue weighted by Crippen LogP contribution is -2.52. The molecule has 0 saturated carbocycles. The molecule has 2 aliphatic rings. The van der Waals surface area contributed by atoms with Gasteiger partial charge in [0.15, 0.2) is 0 Å². The number of fused-ring (bicyclic) bond motifs is 2. The molecule has 1 unspecified atom stereocenters. The average Bonchev–Trinajstić information content (AvgIpc) is 3.24. The van der Waals surface area contributed by atoms with Gasteiger partial charge in [0, 0.05) is 43.4 Å². The zero-order valence-electron chi connectivity index (χ0n) is 21.2. The van der Waals surface area contributed by atoms with Gasteiger partial charge < -0.3 is 4.90 Å². The van der Waals surface area contributed by atoms with Crippen LogP contribution in [0.25, 0.3) is 22.0 Å². The number of rotatable bonds is 6. The van der Waals surface area contributed by atoms with E-state index in [-0.39, 0.29) is 18.2 Å². The minimum atomic E-state index is -0.615. The number of pyridine rings is 1. The molecular weight excluding hydrogens is 476 g/mol. The number of benzene rings is 3. The molecule has 7 nitrogen and oxygen atoms in total. The molecule has 1 fully saturated rings. The average molecular weight is 505 g/mol. The van der Waals surface area contributed by atoms with Gasteiger partial charge in [-0.3, -0.25) is 29.6 Å². The third-order valence-corrected chi connectivity index (χ3v) is 7.36. The van der Waals surface area contributed by atoms with Crippen LogP contribution in [0.2, 0.25) is 0 Å². The van der Waals surface area contributed by atoms with Crippen molar-refractivity contribution >= 4 is 28.5 Å². The van der Waals surface area contributed by atoms with Crippen molar-refractivity contribution in [3.63, 3.8) is 0 Å². The molecule has 4 aromatic rings. The normalized spacial score (nSPS) is 17.3. The lowest BCUT2D eigenvalue weighted by Gasteiger charge is -2.29. The Morgan fingerprint density at radius 3 is 2.53 bits per heavy atom. The van der Waals surface area contributed by atoms with Crippen LogP contribution >= 0.6 is 0 Å². The van der Waals surface area contributed by atoms with E-state index in [9.17, 15) is 14.4 Å². The molecule has 0 radical (unpaired) electrons. The molecule has 1 N–H and O–H groups in total. The number of carbonyl (C=O) groups is 3. The highest BCUT2D eigenvalue weighted by Crippen LogP contribution is 2.31. The number of aromatic nitrogens is 1. The molecule has 1 aromatic heterocycles. The summed E-state index contributed by atoms with van der Waals surface area (Å²) in [5.74, 6) is -0.852. The lowest BCUT2D eigenvalue weighted by molar-refractivity contribution is -0.136. The van der Waals surface area contributed by atoms with Crippen molar-refractivity contribution in [2.45, 2.75) is 38.5 Å². The molecule has 6 rings (SSSR count). The number of amides is 3. The van der Waals surface area contributed by atoms with Crippen molar-refractivity contribution in [1.82, 2.24) is 20.1 Å². The maximum atomic E-state index is 13.0. The van der Waals surface area contributed by atoms with E-state index in [0.29, 0.717) is 18.5 Å². The summed E-state index contributed by atoms with van der Waals surface area (Å²) in [4.78, 5) is 45.3. The Hall–Kier alpha value is -4.36. The lowest BCUT2D eigenvalue weighted by atomic mass is 10.0. The Morgan fingerprint density at radius 1 is 0.921 bits per heavy atom. The van der Waals surface area contributed by atoms with E-state index in [1.807, 2.05) is 30.5 Å². The summed E-state index contributed by atoms with van der Waals surface area (Å²) in [5, 5.41) is 4.84. The summed E-state index contributed by atoms with van der Waals surface area (Å²) < 4.78 is 0. The molecule has 1 atom stereocenters. The fourth-order valence-corrected chi connectivity index (χ4v) is 5.48. The predicted octanol–water partition coefficient (Wildman–Crippen LogP) is 4.29. The highest BCUT2D eigenvalue weighted by Gasteiger charge is 2.39. The van der Waals surface area contributed by atoms with Gasteiger partial charge in [-0.05, 0) is 71.3 Å². The minimum Gasteiger partial charge on any atom is -0.322 e. The van der Waals surface area contributed by atoms with Gasteiger partial charge in [-0.1, -0.05) is 42.5 Å². The first-order chi connectivity index (χ1) is 18.4. The summed E-state index contributed by atoms with van der Waals surface area (Å²) in [6.45, 7) is 1.96. The maximum Gasteiger partial charge on any atom is 0.255 e. The summed E-state index contributed by atoms with van der Waals surface area (Å²) in [5.41, 5.74) is 5.67. The maximum absolute atomic E-state index is 13.0. The molecule has 3 heterocycles. The van der Waals surface area contributed by atoms with Crippen molar-refractivity contribution in [3.8, 4) is 11.3 Å². The molecule has 0 spiro atoms. The number of nitrogens with one attached hydrogen (secondary N) is 1. The van der Waals surface area contributed by atoms with E-state index >= 15 is 0 Å². The zero-order valence-corrected chi connectivity index (χ0v) is 21.2. The zero-order chi connectivity index (χ0) is 26.2. The molecule has 2 aliphatic heterocycles. The molecule has 7 heteroatoms. The summed E-state index contributed by atoms with van der Waals surface area (Å²) >= 11 is 0. The largest absolute Gasteiger partial charge is 0.322 e. The second-order valence-electron chi connectivity index (χ2n) is 10.2. The molecular formula is C31H28N4O3. The number of piperidine rings is 1. The molecule has 190 valence electrons. The standard InChI is InChI=1S/C31H28N4O3/c1-34(17-20-6-7-22-4-2-3-5-23(22)14-20)18-21-12-13-32-27(15-21)24-8-9-26-25(16-24)19-35(31(26)38)28-10-11-29(36)33-30(28)37/h2-9,12-16,28H,10-11,17-19H2,1H3,(H,33,36,37). The van der Waals surface area contributed by atoms with E-state index in [0.717, 1.165) is 35.5 Å². The van der Waals surface area contributed by atoms with Gasteiger partial charge in [-0.25, -0.2) is 0 Å². The number of hydrogen-bond donors (Lipinski definition) is 1. The highest BCUT2D eigenvalue weighted by atomic mass is 16.2. The van der Waals surface area contributed by atoms with Crippen molar-refractivity contribution in [2.24, 2.45) is 0 Å². The molecule has 0 aliphatic carbocycles. The molecule has 3 aromatic carbocycles. The number of imide groups is 1. The van der Waals surface area contributed by atoms with Crippen molar-refractivity contribution in [3.05, 3.63) is 101 Å². The SMILES string of the molecule is CN(Cc1ccnc(-c2ccc3c(c2)CN(C2CCC(=O)NC2=O)C3=O)c1)Cc1ccc2ccccc2c1. The van der Waals surface area contributed by atoms with E-state index in [1.54, 1.807) is 4.90 Å². The quantitative estimate of drug-likeness (QED) is 0.396. The van der Waals surface area contributed by atoms with Crippen LogP contribution in [-0.2, 0) is 29.2 Å². The Bertz CT molecular complexity index is 1580. The molecule has 38 heavy (non-hydrogen) atoms. The second-order valence-corrected chi connectivity index (χ2v) is 10.2. The number of carbonyl (C=O) groups excluding carboxylic acids is 3. The topological polar surface area (TPSA) is 82.6 Å². The van der Waals surface area contributed by atoms with Gasteiger partial charge in [0.05, 0.1) is 5.69 Å². The predicted molar refractivity (Wildman–Crippen MR) is 145 cm³/mol. The fraction of sp³-hybridized carbons (Fsp3) is 0.226. The third kappa shape index (κ3) is 4.68. The van der Waals surface area contributed by atoms with Gasteiger partial charge >= 0.3 is 0 Å². The van der Waals surface area contributed by atoms with Gasteiger partial charge in [0.2, 0.25) is 11.8 Å². The van der Waals surface area contributed by atoms with Crippen LogP contribution in [0, 0.1) is 0 Å². The summed E-state index contributed by atoms with van der Waals surface area (Å²) in [7, 11) is 2.11. The number of hydrogen-bond acceptors (Lipinski definition) is 5. The monoisotopic (exact) mass is 504 g/mol. The van der Waals surface area contributed by atoms with Crippen molar-refractivity contribution < 1.29 is 14.4 Å². The Balaban J connectivity index is 1.16. The van der Waals surface area contributed by atoms with Crippen LogP contribution < -0.4 is 5.32 Å². The van der Waals surface area contributed by atoms with Crippen LogP contribution in [0.3, 0.4) is 0 Å². The van der Waals surface area contributed by atoms with Crippen molar-refractivity contribution in [1.29, 1.82) is 0 Å². The Morgan fingerprint density at radius 2 is 1.71 bits per heavy atom. The van der Waals surface area contributed by atoms with Gasteiger partial charge in [-0.15, -0.1) is 0 Å². The highest BCUT2D eigenvalue weighted by molar-refractivity contribution is 6.05. The second kappa shape index (κ2) is 9.84. The van der Waals surface area contributed by atoms with Crippen LogP contribution in [0.1, 0.15) is 39.9 Å². The summed E-state index contributed by atoms with van der Waals surface area (Å²) in [6.07, 6.45) is 2.42. The van der Waals surface area contributed by atoms with Gasteiger partial charge in [-0.2, -0.15) is 0 Å². The fourth-order valence-electron chi connectivity index (χ4n) is 5.48. The molecule has 1 saturated heterocycles. The third-order valence-electron chi connectivity index (χ3n) is 7.36. The van der Waals surface area contributed by atoms with Gasteiger partial charge in [0.1, 0.15) is 6.04 Å². The van der Waals surface area contributed by atoms with Crippen LogP contribution in [-0.4, -0.2) is 45.6 Å². The first kappa shape index (κ1) is 24.0. The molecule has 0 bridgehead atoms. The Labute approximate surface area is 221 Å². The minimum absolute atomic E-state index is 0.168. The van der Waals surface area contributed by atoms with E-state index in [4.69, 9.17) is 0 Å². The van der Waals surface area contributed by atoms with Crippen molar-refractivity contribution in [2.75, 3.05) is 7.05 Å². The van der Waals surface area contributed by atoms with Crippen LogP contribution in [0.15, 0.2) is 79.0 Å². The Kier molecular flexibility index (Phi) is 6.21. The number of nitrogens with zero attached hydrogens (tertiary/aromatic N) is 3. The smallest absolute Gasteiger partial charge is 0.255 e. The van der Waals surface area contributed by atoms with E-state index < -0.39 is 11.9 Å². The van der Waals surface area contributed by atoms with E-state index in [1.165, 1.54) is 16.3 Å². The molecule has 3 amide bonds. The van der Waals surface area contributed by atoms with Gasteiger partial charge in [0.25, 0.3) is 5.91 Å². The summed E-state index contributed by atoms with van der Waals surface area (Å²) in [6, 6.07) is 24.2. The van der Waals surface area contributed by atoms with Crippen LogP contribution in [0.4, 0.5) is 0 Å². The first-order valence-corrected chi connectivity index (χ1v) is 12.8. The van der Waals surface area contributed by atoms with Crippen LogP contribution in [0.5, 0.6) is 0 Å². The van der Waals surface area contributed by atoms with E-state index in [2.05, 4.69) is 70.8 Å². The first-order valence-electron chi connectivity index (χ1n) is 12.8.